The summed E-state index contributed by atoms with van der Waals surface area (Å²) < 4.78 is 0. The highest BCUT2D eigenvalue weighted by Crippen LogP contribution is 2.04. The van der Waals surface area contributed by atoms with Gasteiger partial charge < -0.3 is 15.4 Å². The number of unbranched alkanes of at least 4 members (excludes halogenated alkanes) is 4. The molecule has 1 amide bonds. The Balaban J connectivity index is 3.40. The zero-order valence-corrected chi connectivity index (χ0v) is 10.4. The van der Waals surface area contributed by atoms with Crippen LogP contribution in [0.4, 0.5) is 0 Å². The number of carbonyl (C=O) groups excluding carboxylic acids is 2. The summed E-state index contributed by atoms with van der Waals surface area (Å²) >= 11 is 0. The number of carbonyl (C=O) groups is 2. The SMILES string of the molecule is CCCCCCCC(=O)NC[C@@H](C=O)NC. The van der Waals surface area contributed by atoms with E-state index in [1.54, 1.807) is 7.05 Å². The summed E-state index contributed by atoms with van der Waals surface area (Å²) in [7, 11) is 1.70. The quantitative estimate of drug-likeness (QED) is 0.437. The van der Waals surface area contributed by atoms with Gasteiger partial charge in [0, 0.05) is 13.0 Å². The van der Waals surface area contributed by atoms with E-state index in [0.717, 1.165) is 19.1 Å². The Morgan fingerprint density at radius 3 is 2.50 bits per heavy atom. The molecular weight excluding hydrogens is 204 g/mol. The Hall–Kier alpha value is -0.900. The molecule has 0 bridgehead atoms. The van der Waals surface area contributed by atoms with Crippen LogP contribution in [0.25, 0.3) is 0 Å². The van der Waals surface area contributed by atoms with Gasteiger partial charge in [-0.25, -0.2) is 0 Å². The van der Waals surface area contributed by atoms with Crippen LogP contribution in [-0.2, 0) is 9.59 Å². The lowest BCUT2D eigenvalue weighted by molar-refractivity contribution is -0.121. The third-order valence-corrected chi connectivity index (χ3v) is 2.56. The fourth-order valence-electron chi connectivity index (χ4n) is 1.42. The van der Waals surface area contributed by atoms with Crippen molar-refractivity contribution in [2.75, 3.05) is 13.6 Å². The Bertz CT molecular complexity index is 195. The summed E-state index contributed by atoms with van der Waals surface area (Å²) in [5, 5.41) is 5.55. The van der Waals surface area contributed by atoms with Crippen molar-refractivity contribution in [3.8, 4) is 0 Å². The molecule has 4 heteroatoms. The van der Waals surface area contributed by atoms with Crippen molar-refractivity contribution in [2.24, 2.45) is 0 Å². The predicted octanol–water partition coefficient (Wildman–Crippen LogP) is 1.25. The summed E-state index contributed by atoms with van der Waals surface area (Å²) in [6, 6.07) is -0.274. The monoisotopic (exact) mass is 228 g/mol. The van der Waals surface area contributed by atoms with Crippen molar-refractivity contribution in [3.05, 3.63) is 0 Å². The van der Waals surface area contributed by atoms with Gasteiger partial charge in [0.1, 0.15) is 6.29 Å². The lowest BCUT2D eigenvalue weighted by atomic mass is 10.1. The van der Waals surface area contributed by atoms with Crippen LogP contribution in [0, 0.1) is 0 Å². The highest BCUT2D eigenvalue weighted by atomic mass is 16.1. The molecule has 0 saturated heterocycles. The van der Waals surface area contributed by atoms with Crippen LogP contribution in [0.2, 0.25) is 0 Å². The number of amides is 1. The topological polar surface area (TPSA) is 58.2 Å². The number of nitrogens with one attached hydrogen (secondary N) is 2. The third kappa shape index (κ3) is 8.41. The number of aldehydes is 1. The summed E-state index contributed by atoms with van der Waals surface area (Å²) in [6.45, 7) is 2.55. The molecule has 0 aromatic rings. The molecule has 16 heavy (non-hydrogen) atoms. The highest BCUT2D eigenvalue weighted by molar-refractivity contribution is 5.76. The maximum atomic E-state index is 11.4. The van der Waals surface area contributed by atoms with E-state index in [4.69, 9.17) is 0 Å². The normalized spacial score (nSPS) is 12.1. The van der Waals surface area contributed by atoms with Crippen LogP contribution in [0.15, 0.2) is 0 Å². The molecular formula is C12H24N2O2. The molecule has 0 heterocycles. The van der Waals surface area contributed by atoms with E-state index >= 15 is 0 Å². The van der Waals surface area contributed by atoms with Crippen LogP contribution >= 0.6 is 0 Å². The zero-order chi connectivity index (χ0) is 12.2. The molecule has 0 fully saturated rings. The summed E-state index contributed by atoms with van der Waals surface area (Å²) in [5.74, 6) is 0.0404. The molecule has 4 nitrogen and oxygen atoms in total. The standard InChI is InChI=1S/C12H24N2O2/c1-3-4-5-6-7-8-12(16)14-9-11(10-15)13-2/h10-11,13H,3-9H2,1-2H3,(H,14,16)/t11-/m0/s1. The van der Waals surface area contributed by atoms with E-state index in [9.17, 15) is 9.59 Å². The minimum atomic E-state index is -0.274. The van der Waals surface area contributed by atoms with Crippen LogP contribution in [-0.4, -0.2) is 31.8 Å². The van der Waals surface area contributed by atoms with E-state index in [0.29, 0.717) is 13.0 Å². The van der Waals surface area contributed by atoms with Gasteiger partial charge >= 0.3 is 0 Å². The van der Waals surface area contributed by atoms with Gasteiger partial charge in [-0.3, -0.25) is 4.79 Å². The first-order valence-electron chi connectivity index (χ1n) is 6.13. The second-order valence-corrected chi connectivity index (χ2v) is 4.00. The van der Waals surface area contributed by atoms with Gasteiger partial charge in [-0.05, 0) is 13.5 Å². The molecule has 0 unspecified atom stereocenters. The van der Waals surface area contributed by atoms with E-state index in [2.05, 4.69) is 17.6 Å². The van der Waals surface area contributed by atoms with Crippen molar-refractivity contribution in [3.63, 3.8) is 0 Å². The largest absolute Gasteiger partial charge is 0.354 e. The maximum Gasteiger partial charge on any atom is 0.220 e. The minimum absolute atomic E-state index is 0.0404. The molecule has 0 aliphatic rings. The molecule has 2 N–H and O–H groups in total. The first kappa shape index (κ1) is 15.1. The number of hydrogen-bond acceptors (Lipinski definition) is 3. The Kier molecular flexibility index (Phi) is 10.0. The average Bonchev–Trinajstić information content (AvgIpc) is 2.30. The van der Waals surface area contributed by atoms with Crippen molar-refractivity contribution >= 4 is 12.2 Å². The number of likely N-dealkylation sites (N-methyl/N-ethyl adjacent to an activating group) is 1. The fraction of sp³-hybridized carbons (Fsp3) is 0.833. The van der Waals surface area contributed by atoms with Gasteiger partial charge in [-0.15, -0.1) is 0 Å². The molecule has 0 spiro atoms. The Labute approximate surface area is 98.2 Å². The van der Waals surface area contributed by atoms with E-state index < -0.39 is 0 Å². The molecule has 0 saturated carbocycles. The smallest absolute Gasteiger partial charge is 0.220 e. The van der Waals surface area contributed by atoms with Crippen LogP contribution in [0.5, 0.6) is 0 Å². The summed E-state index contributed by atoms with van der Waals surface area (Å²) in [6.07, 6.45) is 7.10. The van der Waals surface area contributed by atoms with Crippen LogP contribution in [0.1, 0.15) is 45.4 Å². The number of hydrogen-bond donors (Lipinski definition) is 2. The van der Waals surface area contributed by atoms with Gasteiger partial charge in [0.05, 0.1) is 6.04 Å². The van der Waals surface area contributed by atoms with Gasteiger partial charge in [-0.2, -0.15) is 0 Å². The molecule has 0 aromatic heterocycles. The molecule has 0 aromatic carbocycles. The van der Waals surface area contributed by atoms with E-state index in [-0.39, 0.29) is 11.9 Å². The second kappa shape index (κ2) is 10.6. The minimum Gasteiger partial charge on any atom is -0.354 e. The number of rotatable bonds is 10. The third-order valence-electron chi connectivity index (χ3n) is 2.56. The van der Waals surface area contributed by atoms with Crippen molar-refractivity contribution in [1.82, 2.24) is 10.6 Å². The molecule has 0 aliphatic heterocycles. The van der Waals surface area contributed by atoms with Gasteiger partial charge in [-0.1, -0.05) is 32.6 Å². The Morgan fingerprint density at radius 1 is 1.25 bits per heavy atom. The van der Waals surface area contributed by atoms with Crippen molar-refractivity contribution in [2.45, 2.75) is 51.5 Å². The first-order chi connectivity index (χ1) is 7.74. The molecule has 0 radical (unpaired) electrons. The summed E-state index contributed by atoms with van der Waals surface area (Å²) in [5.41, 5.74) is 0. The molecule has 0 aliphatic carbocycles. The van der Waals surface area contributed by atoms with Gasteiger partial charge in [0.25, 0.3) is 0 Å². The fourth-order valence-corrected chi connectivity index (χ4v) is 1.42. The van der Waals surface area contributed by atoms with E-state index in [1.807, 2.05) is 0 Å². The zero-order valence-electron chi connectivity index (χ0n) is 10.4. The lowest BCUT2D eigenvalue weighted by Crippen LogP contribution is -2.40. The van der Waals surface area contributed by atoms with Crippen LogP contribution in [0.3, 0.4) is 0 Å². The second-order valence-electron chi connectivity index (χ2n) is 4.00. The molecule has 94 valence electrons. The Morgan fingerprint density at radius 2 is 1.94 bits per heavy atom. The van der Waals surface area contributed by atoms with E-state index in [1.165, 1.54) is 19.3 Å². The summed E-state index contributed by atoms with van der Waals surface area (Å²) in [4.78, 5) is 21.8. The first-order valence-corrected chi connectivity index (χ1v) is 6.13. The lowest BCUT2D eigenvalue weighted by Gasteiger charge is -2.10. The molecule has 1 atom stereocenters. The van der Waals surface area contributed by atoms with Crippen LogP contribution < -0.4 is 10.6 Å². The molecule has 0 rings (SSSR count). The van der Waals surface area contributed by atoms with Crippen molar-refractivity contribution in [1.29, 1.82) is 0 Å². The maximum absolute atomic E-state index is 11.4. The predicted molar refractivity (Wildman–Crippen MR) is 65.3 cm³/mol. The van der Waals surface area contributed by atoms with Gasteiger partial charge in [0.2, 0.25) is 5.91 Å². The average molecular weight is 228 g/mol. The highest BCUT2D eigenvalue weighted by Gasteiger charge is 2.06. The van der Waals surface area contributed by atoms with Crippen molar-refractivity contribution < 1.29 is 9.59 Å². The van der Waals surface area contributed by atoms with Gasteiger partial charge in [0.15, 0.2) is 0 Å².